The molecule has 1 aliphatic rings. The Labute approximate surface area is 156 Å². The van der Waals surface area contributed by atoms with Gasteiger partial charge in [0.15, 0.2) is 12.4 Å². The van der Waals surface area contributed by atoms with E-state index in [1.54, 1.807) is 25.1 Å². The smallest absolute Gasteiger partial charge is 0.269 e. The number of ether oxygens (including phenoxy) is 1. The molecule has 0 saturated carbocycles. The van der Waals surface area contributed by atoms with Crippen molar-refractivity contribution in [3.63, 3.8) is 0 Å². The first-order valence-corrected chi connectivity index (χ1v) is 9.96. The van der Waals surface area contributed by atoms with E-state index in [2.05, 4.69) is 0 Å². The van der Waals surface area contributed by atoms with Crippen molar-refractivity contribution in [1.29, 1.82) is 0 Å². The summed E-state index contributed by atoms with van der Waals surface area (Å²) in [4.78, 5) is 22.5. The van der Waals surface area contributed by atoms with Crippen molar-refractivity contribution in [3.8, 4) is 5.75 Å². The number of carbonyl (C=O) groups is 1. The van der Waals surface area contributed by atoms with E-state index in [4.69, 9.17) is 4.74 Å². The van der Waals surface area contributed by atoms with E-state index in [0.29, 0.717) is 30.0 Å². The molecule has 0 saturated heterocycles. The summed E-state index contributed by atoms with van der Waals surface area (Å²) in [6.07, 6.45) is 0.554. The van der Waals surface area contributed by atoms with E-state index in [1.807, 2.05) is 0 Å². The van der Waals surface area contributed by atoms with E-state index in [0.717, 1.165) is 5.56 Å². The Morgan fingerprint density at radius 1 is 1.22 bits per heavy atom. The lowest BCUT2D eigenvalue weighted by molar-refractivity contribution is -0.384. The summed E-state index contributed by atoms with van der Waals surface area (Å²) in [5.41, 5.74) is 1.81. The number of sulfonamides is 1. The van der Waals surface area contributed by atoms with E-state index >= 15 is 0 Å². The highest BCUT2D eigenvalue weighted by molar-refractivity contribution is 7.92. The Balaban J connectivity index is 1.69. The van der Waals surface area contributed by atoms with Crippen LogP contribution in [0.25, 0.3) is 0 Å². The minimum Gasteiger partial charge on any atom is -0.485 e. The average molecular weight is 390 g/mol. The van der Waals surface area contributed by atoms with Crippen LogP contribution in [0, 0.1) is 10.1 Å². The molecular weight excluding hydrogens is 372 g/mol. The van der Waals surface area contributed by atoms with Gasteiger partial charge in [-0.15, -0.1) is 0 Å². The van der Waals surface area contributed by atoms with Gasteiger partial charge in [-0.2, -0.15) is 0 Å². The molecule has 0 spiro atoms. The van der Waals surface area contributed by atoms with E-state index in [9.17, 15) is 23.3 Å². The molecule has 0 aliphatic carbocycles. The fourth-order valence-electron chi connectivity index (χ4n) is 2.89. The van der Waals surface area contributed by atoms with E-state index in [-0.39, 0.29) is 23.8 Å². The van der Waals surface area contributed by atoms with E-state index in [1.165, 1.54) is 28.6 Å². The number of carbonyl (C=O) groups excluding carboxylic acids is 1. The summed E-state index contributed by atoms with van der Waals surface area (Å²) in [6, 6.07) is 10.4. The zero-order valence-corrected chi connectivity index (χ0v) is 15.4. The van der Waals surface area contributed by atoms with Crippen LogP contribution >= 0.6 is 0 Å². The van der Waals surface area contributed by atoms with Gasteiger partial charge in [-0.3, -0.25) is 19.2 Å². The molecule has 3 rings (SSSR count). The average Bonchev–Trinajstić information content (AvgIpc) is 3.10. The van der Waals surface area contributed by atoms with Crippen LogP contribution in [-0.2, 0) is 16.4 Å². The second-order valence-electron chi connectivity index (χ2n) is 6.03. The fraction of sp³-hybridized carbons (Fsp3) is 0.278. The van der Waals surface area contributed by atoms with Crippen LogP contribution < -0.4 is 9.04 Å². The molecule has 0 unspecified atom stereocenters. The molecule has 0 bridgehead atoms. The molecule has 0 radical (unpaired) electrons. The van der Waals surface area contributed by atoms with Gasteiger partial charge in [0.1, 0.15) is 5.75 Å². The van der Waals surface area contributed by atoms with Crippen molar-refractivity contribution in [1.82, 2.24) is 0 Å². The molecule has 0 aromatic heterocycles. The summed E-state index contributed by atoms with van der Waals surface area (Å²) in [7, 11) is -3.32. The zero-order chi connectivity index (χ0) is 19.6. The van der Waals surface area contributed by atoms with Crippen LogP contribution in [-0.4, -0.2) is 38.0 Å². The topological polar surface area (TPSA) is 107 Å². The molecular formula is C18H18N2O6S. The number of anilines is 1. The Kier molecular flexibility index (Phi) is 5.13. The molecule has 2 aromatic carbocycles. The quantitative estimate of drug-likeness (QED) is 0.409. The maximum atomic E-state index is 12.4. The van der Waals surface area contributed by atoms with Crippen LogP contribution in [0.2, 0.25) is 0 Å². The molecule has 0 atom stereocenters. The Morgan fingerprint density at radius 3 is 2.56 bits per heavy atom. The number of nitro groups is 1. The summed E-state index contributed by atoms with van der Waals surface area (Å²) in [5, 5.41) is 10.6. The molecule has 2 aromatic rings. The molecule has 9 heteroatoms. The molecule has 0 fully saturated rings. The van der Waals surface area contributed by atoms with Crippen molar-refractivity contribution in [3.05, 3.63) is 63.7 Å². The van der Waals surface area contributed by atoms with Crippen molar-refractivity contribution in [2.75, 3.05) is 23.2 Å². The van der Waals surface area contributed by atoms with Gasteiger partial charge in [-0.05, 0) is 49.2 Å². The van der Waals surface area contributed by atoms with Gasteiger partial charge in [0.25, 0.3) is 5.69 Å². The number of hydrogen-bond donors (Lipinski definition) is 0. The number of nitrogens with zero attached hydrogens (tertiary/aromatic N) is 2. The SMILES string of the molecule is CCS(=O)(=O)N1CCc2cc(C(=O)COc3ccc([N+](=O)[O-])cc3)ccc21. The number of rotatable bonds is 7. The van der Waals surface area contributed by atoms with Crippen molar-refractivity contribution in [2.24, 2.45) is 0 Å². The highest BCUT2D eigenvalue weighted by Gasteiger charge is 2.28. The van der Waals surface area contributed by atoms with Gasteiger partial charge in [-0.1, -0.05) is 0 Å². The van der Waals surface area contributed by atoms with Gasteiger partial charge >= 0.3 is 0 Å². The number of fused-ring (bicyclic) bond motifs is 1. The van der Waals surface area contributed by atoms with E-state index < -0.39 is 14.9 Å². The van der Waals surface area contributed by atoms with Gasteiger partial charge in [-0.25, -0.2) is 8.42 Å². The number of Topliss-reactive ketones (excluding diaryl/α,β-unsaturated/α-hetero) is 1. The zero-order valence-electron chi connectivity index (χ0n) is 14.6. The maximum Gasteiger partial charge on any atom is 0.269 e. The standard InChI is InChI=1S/C18H18N2O6S/c1-2-27(24,25)19-10-9-13-11-14(3-8-17(13)19)18(21)12-26-16-6-4-15(5-7-16)20(22)23/h3-8,11H,2,9-10,12H2,1H3. The molecule has 27 heavy (non-hydrogen) atoms. The Morgan fingerprint density at radius 2 is 1.93 bits per heavy atom. The molecule has 0 N–H and O–H groups in total. The predicted molar refractivity (Wildman–Crippen MR) is 99.9 cm³/mol. The first-order chi connectivity index (χ1) is 12.8. The molecule has 8 nitrogen and oxygen atoms in total. The summed E-state index contributed by atoms with van der Waals surface area (Å²) in [5.74, 6) is 0.124. The Hall–Kier alpha value is -2.94. The van der Waals surface area contributed by atoms with Crippen LogP contribution in [0.5, 0.6) is 5.75 Å². The molecule has 0 amide bonds. The number of non-ortho nitro benzene ring substituents is 1. The van der Waals surface area contributed by atoms with Gasteiger partial charge in [0.05, 0.1) is 16.4 Å². The molecule has 1 heterocycles. The monoisotopic (exact) mass is 390 g/mol. The second-order valence-corrected chi connectivity index (χ2v) is 8.21. The third-order valence-corrected chi connectivity index (χ3v) is 6.15. The Bertz CT molecular complexity index is 985. The number of ketones is 1. The summed E-state index contributed by atoms with van der Waals surface area (Å²) in [6.45, 7) is 1.76. The lowest BCUT2D eigenvalue weighted by Gasteiger charge is -2.18. The minimum atomic E-state index is -3.32. The fourth-order valence-corrected chi connectivity index (χ4v) is 4.04. The highest BCUT2D eigenvalue weighted by atomic mass is 32.2. The van der Waals surface area contributed by atoms with Gasteiger partial charge in [0.2, 0.25) is 10.0 Å². The largest absolute Gasteiger partial charge is 0.485 e. The van der Waals surface area contributed by atoms with Gasteiger partial charge < -0.3 is 4.74 Å². The second kappa shape index (κ2) is 7.36. The van der Waals surface area contributed by atoms with Crippen LogP contribution in [0.1, 0.15) is 22.8 Å². The number of nitro benzene ring substituents is 1. The number of benzene rings is 2. The normalized spacial score (nSPS) is 13.3. The predicted octanol–water partition coefficient (Wildman–Crippen LogP) is 2.57. The third kappa shape index (κ3) is 3.92. The van der Waals surface area contributed by atoms with Crippen molar-refractivity contribution >= 4 is 27.2 Å². The van der Waals surface area contributed by atoms with Crippen LogP contribution in [0.15, 0.2) is 42.5 Å². The van der Waals surface area contributed by atoms with Crippen molar-refractivity contribution < 1.29 is 22.9 Å². The summed E-state index contributed by atoms with van der Waals surface area (Å²) >= 11 is 0. The summed E-state index contributed by atoms with van der Waals surface area (Å²) < 4.78 is 31.0. The van der Waals surface area contributed by atoms with Gasteiger partial charge in [0, 0.05) is 24.2 Å². The molecule has 1 aliphatic heterocycles. The van der Waals surface area contributed by atoms with Crippen LogP contribution in [0.3, 0.4) is 0 Å². The lowest BCUT2D eigenvalue weighted by atomic mass is 10.1. The lowest BCUT2D eigenvalue weighted by Crippen LogP contribution is -2.30. The van der Waals surface area contributed by atoms with Crippen molar-refractivity contribution in [2.45, 2.75) is 13.3 Å². The third-order valence-electron chi connectivity index (χ3n) is 4.37. The van der Waals surface area contributed by atoms with Crippen LogP contribution in [0.4, 0.5) is 11.4 Å². The maximum absolute atomic E-state index is 12.4. The molecule has 142 valence electrons. The first-order valence-electron chi connectivity index (χ1n) is 8.35. The number of hydrogen-bond acceptors (Lipinski definition) is 6. The first kappa shape index (κ1) is 18.8. The highest BCUT2D eigenvalue weighted by Crippen LogP contribution is 2.31. The minimum absolute atomic E-state index is 0.0240.